The van der Waals surface area contributed by atoms with Crippen molar-refractivity contribution in [2.45, 2.75) is 30.9 Å². The maximum absolute atomic E-state index is 5.76. The van der Waals surface area contributed by atoms with Crippen molar-refractivity contribution in [2.75, 3.05) is 18.8 Å². The third-order valence-electron chi connectivity index (χ3n) is 2.39. The van der Waals surface area contributed by atoms with Crippen LogP contribution in [-0.2, 0) is 0 Å². The van der Waals surface area contributed by atoms with Crippen LogP contribution in [0.15, 0.2) is 17.4 Å². The Morgan fingerprint density at radius 2 is 2.25 bits per heavy atom. The van der Waals surface area contributed by atoms with Crippen molar-refractivity contribution in [2.24, 2.45) is 0 Å². The fourth-order valence-electron chi connectivity index (χ4n) is 1.31. The fraction of sp³-hybridized carbons (Fsp3) is 0.636. The van der Waals surface area contributed by atoms with Crippen LogP contribution in [0, 0.1) is 0 Å². The van der Waals surface area contributed by atoms with Gasteiger partial charge in [0.05, 0.1) is 0 Å². The first-order valence-corrected chi connectivity index (χ1v) is 6.70. The Morgan fingerprint density at radius 1 is 1.44 bits per heavy atom. The molecule has 2 heterocycles. The lowest BCUT2D eigenvalue weighted by molar-refractivity contribution is 0.131. The molecule has 0 aromatic carbocycles. The van der Waals surface area contributed by atoms with Gasteiger partial charge >= 0.3 is 0 Å². The highest BCUT2D eigenvalue weighted by molar-refractivity contribution is 7.99. The molecule has 5 heteroatoms. The number of aromatic nitrogens is 2. The Morgan fingerprint density at radius 3 is 2.94 bits per heavy atom. The maximum atomic E-state index is 5.76. The monoisotopic (exact) mass is 239 g/mol. The van der Waals surface area contributed by atoms with Gasteiger partial charge in [-0.25, -0.2) is 9.97 Å². The van der Waals surface area contributed by atoms with E-state index < -0.39 is 0 Å². The van der Waals surface area contributed by atoms with Gasteiger partial charge in [-0.3, -0.25) is 0 Å². The van der Waals surface area contributed by atoms with Crippen LogP contribution in [0.1, 0.15) is 19.8 Å². The summed E-state index contributed by atoms with van der Waals surface area (Å²) in [5.74, 6) is 1.77. The lowest BCUT2D eigenvalue weighted by Crippen LogP contribution is -2.50. The van der Waals surface area contributed by atoms with E-state index in [0.29, 0.717) is 5.88 Å². The topological polar surface area (TPSA) is 47.0 Å². The van der Waals surface area contributed by atoms with Crippen LogP contribution in [0.2, 0.25) is 0 Å². The molecule has 4 nitrogen and oxygen atoms in total. The first-order valence-electron chi connectivity index (χ1n) is 5.71. The zero-order valence-electron chi connectivity index (χ0n) is 9.48. The average molecular weight is 239 g/mol. The Kier molecular flexibility index (Phi) is 4.42. The molecule has 0 radical (unpaired) electrons. The maximum Gasteiger partial charge on any atom is 0.247 e. The summed E-state index contributed by atoms with van der Waals surface area (Å²) in [6.07, 6.45) is 6.08. The van der Waals surface area contributed by atoms with Crippen LogP contribution in [0.5, 0.6) is 5.88 Å². The van der Waals surface area contributed by atoms with E-state index in [2.05, 4.69) is 22.2 Å². The van der Waals surface area contributed by atoms with Gasteiger partial charge in [-0.15, -0.1) is 11.8 Å². The summed E-state index contributed by atoms with van der Waals surface area (Å²) in [5, 5.41) is 4.09. The van der Waals surface area contributed by atoms with Crippen molar-refractivity contribution < 1.29 is 4.74 Å². The summed E-state index contributed by atoms with van der Waals surface area (Å²) in [4.78, 5) is 8.56. The molecule has 0 aliphatic carbocycles. The molecule has 0 saturated carbocycles. The molecule has 88 valence electrons. The van der Waals surface area contributed by atoms with Gasteiger partial charge in [-0.2, -0.15) is 0 Å². The number of unbranched alkanes of at least 4 members (excludes halogenated alkanes) is 1. The minimum absolute atomic E-state index is 0.266. The number of ether oxygens (including phenoxy) is 1. The quantitative estimate of drug-likeness (QED) is 0.605. The summed E-state index contributed by atoms with van der Waals surface area (Å²) in [6, 6.07) is 0. The highest BCUT2D eigenvalue weighted by Crippen LogP contribution is 2.26. The van der Waals surface area contributed by atoms with E-state index in [0.717, 1.165) is 23.9 Å². The SMILES string of the molecule is CCCCSc1nccnc1OC1CNC1. The summed E-state index contributed by atoms with van der Waals surface area (Å²) < 4.78 is 5.76. The molecule has 1 fully saturated rings. The van der Waals surface area contributed by atoms with Crippen LogP contribution in [-0.4, -0.2) is 34.9 Å². The molecule has 0 unspecified atom stereocenters. The van der Waals surface area contributed by atoms with E-state index in [1.807, 2.05) is 0 Å². The number of hydrogen-bond donors (Lipinski definition) is 1. The molecule has 1 aromatic heterocycles. The molecule has 0 atom stereocenters. The minimum Gasteiger partial charge on any atom is -0.470 e. The highest BCUT2D eigenvalue weighted by atomic mass is 32.2. The second kappa shape index (κ2) is 6.06. The third-order valence-corrected chi connectivity index (χ3v) is 3.44. The molecule has 1 aromatic rings. The van der Waals surface area contributed by atoms with Crippen molar-refractivity contribution in [3.8, 4) is 5.88 Å². The molecule has 0 amide bonds. The van der Waals surface area contributed by atoms with Crippen molar-refractivity contribution in [3.63, 3.8) is 0 Å². The van der Waals surface area contributed by atoms with Crippen molar-refractivity contribution >= 4 is 11.8 Å². The van der Waals surface area contributed by atoms with E-state index >= 15 is 0 Å². The van der Waals surface area contributed by atoms with Gasteiger partial charge in [0.1, 0.15) is 6.10 Å². The van der Waals surface area contributed by atoms with E-state index in [-0.39, 0.29) is 6.10 Å². The van der Waals surface area contributed by atoms with E-state index in [1.54, 1.807) is 24.2 Å². The van der Waals surface area contributed by atoms with Crippen LogP contribution >= 0.6 is 11.8 Å². The second-order valence-electron chi connectivity index (χ2n) is 3.77. The van der Waals surface area contributed by atoms with Gasteiger partial charge in [0, 0.05) is 25.5 Å². The third kappa shape index (κ3) is 3.09. The molecular formula is C11H17N3OS. The molecule has 0 bridgehead atoms. The number of rotatable bonds is 6. The normalized spacial score (nSPS) is 15.8. The first kappa shape index (κ1) is 11.7. The van der Waals surface area contributed by atoms with Gasteiger partial charge in [0.2, 0.25) is 5.88 Å². The average Bonchev–Trinajstić information content (AvgIpc) is 2.25. The van der Waals surface area contributed by atoms with E-state index in [4.69, 9.17) is 4.74 Å². The van der Waals surface area contributed by atoms with Gasteiger partial charge < -0.3 is 10.1 Å². The number of nitrogens with one attached hydrogen (secondary N) is 1. The summed E-state index contributed by atoms with van der Waals surface area (Å²) >= 11 is 1.73. The molecule has 0 spiro atoms. The number of nitrogens with zero attached hydrogens (tertiary/aromatic N) is 2. The zero-order valence-corrected chi connectivity index (χ0v) is 10.3. The molecule has 1 aliphatic rings. The molecule has 2 rings (SSSR count). The Bertz CT molecular complexity index is 331. The number of thioether (sulfide) groups is 1. The highest BCUT2D eigenvalue weighted by Gasteiger charge is 2.20. The molecular weight excluding hydrogens is 222 g/mol. The molecule has 1 saturated heterocycles. The molecule has 1 aliphatic heterocycles. The van der Waals surface area contributed by atoms with Gasteiger partial charge in [0.15, 0.2) is 5.03 Å². The largest absolute Gasteiger partial charge is 0.470 e. The lowest BCUT2D eigenvalue weighted by Gasteiger charge is -2.27. The van der Waals surface area contributed by atoms with Gasteiger partial charge in [-0.1, -0.05) is 13.3 Å². The number of hydrogen-bond acceptors (Lipinski definition) is 5. The minimum atomic E-state index is 0.266. The predicted octanol–water partition coefficient (Wildman–Crippen LogP) is 1.72. The zero-order chi connectivity index (χ0) is 11.2. The fourth-order valence-corrected chi connectivity index (χ4v) is 2.29. The standard InChI is InChI=1S/C11H17N3OS/c1-2-3-6-16-11-10(13-4-5-14-11)15-9-7-12-8-9/h4-5,9,12H,2-3,6-8H2,1H3. The Labute approximate surface area is 100 Å². The van der Waals surface area contributed by atoms with Crippen molar-refractivity contribution in [3.05, 3.63) is 12.4 Å². The van der Waals surface area contributed by atoms with Crippen LogP contribution in [0.25, 0.3) is 0 Å². The Hall–Kier alpha value is -0.810. The lowest BCUT2D eigenvalue weighted by atomic mass is 10.2. The summed E-state index contributed by atoms with van der Waals surface area (Å²) in [7, 11) is 0. The van der Waals surface area contributed by atoms with Crippen LogP contribution in [0.4, 0.5) is 0 Å². The predicted molar refractivity (Wildman–Crippen MR) is 64.9 cm³/mol. The molecule has 16 heavy (non-hydrogen) atoms. The summed E-state index contributed by atoms with van der Waals surface area (Å²) in [5.41, 5.74) is 0. The van der Waals surface area contributed by atoms with Gasteiger partial charge in [-0.05, 0) is 12.2 Å². The van der Waals surface area contributed by atoms with Crippen molar-refractivity contribution in [1.82, 2.24) is 15.3 Å². The summed E-state index contributed by atoms with van der Waals surface area (Å²) in [6.45, 7) is 4.01. The van der Waals surface area contributed by atoms with E-state index in [1.165, 1.54) is 12.8 Å². The van der Waals surface area contributed by atoms with Gasteiger partial charge in [0.25, 0.3) is 0 Å². The molecule has 1 N–H and O–H groups in total. The van der Waals surface area contributed by atoms with Crippen LogP contribution in [0.3, 0.4) is 0 Å². The Balaban J connectivity index is 1.92. The van der Waals surface area contributed by atoms with Crippen molar-refractivity contribution in [1.29, 1.82) is 0 Å². The smallest absolute Gasteiger partial charge is 0.247 e. The van der Waals surface area contributed by atoms with Crippen LogP contribution < -0.4 is 10.1 Å². The van der Waals surface area contributed by atoms with E-state index in [9.17, 15) is 0 Å². The first-order chi connectivity index (χ1) is 7.90. The second-order valence-corrected chi connectivity index (χ2v) is 4.85.